The molecule has 0 aliphatic carbocycles. The Balaban J connectivity index is 2.56. The molecule has 1 unspecified atom stereocenters. The van der Waals surface area contributed by atoms with E-state index in [4.69, 9.17) is 6.85 Å². The van der Waals surface area contributed by atoms with Crippen molar-refractivity contribution in [2.45, 2.75) is 38.8 Å². The van der Waals surface area contributed by atoms with Crippen LogP contribution in [0, 0.1) is 0 Å². The van der Waals surface area contributed by atoms with Crippen LogP contribution in [0.2, 0.25) is 0 Å². The van der Waals surface area contributed by atoms with Crippen LogP contribution in [0.4, 0.5) is 0 Å². The third-order valence-electron chi connectivity index (χ3n) is 3.11. The van der Waals surface area contributed by atoms with Crippen LogP contribution in [0.1, 0.15) is 33.0 Å². The number of hydrogen-bond donors (Lipinski definition) is 1. The van der Waals surface area contributed by atoms with Crippen molar-refractivity contribution < 1.29 is 12.0 Å². The maximum Gasteiger partial charge on any atom is 0.332 e. The van der Waals surface area contributed by atoms with E-state index in [2.05, 4.69) is 4.98 Å². The lowest BCUT2D eigenvalue weighted by Crippen LogP contribution is -2.39. The third-order valence-corrected chi connectivity index (χ3v) is 3.11. The number of unbranched alkanes of at least 4 members (excludes halogenated alkanes) is 1. The van der Waals surface area contributed by atoms with Crippen LogP contribution in [-0.4, -0.2) is 29.9 Å². The fraction of sp³-hybridized carbons (Fsp3) is 0.615. The normalized spacial score (nSPS) is 18.9. The minimum absolute atomic E-state index is 0.0573. The first-order valence-corrected chi connectivity index (χ1v) is 6.26. The standard InChI is InChI=1S/C13H20N4O3/c1-9(18)6-4-5-7-17-12(19)10-11(14-8-15(10)2)16(3)13(17)20/h8-9,18H,4-7H2,1-3H3/i3D3,8D,9D. The van der Waals surface area contributed by atoms with Crippen molar-refractivity contribution in [3.8, 4) is 0 Å². The van der Waals surface area contributed by atoms with Gasteiger partial charge in [0.1, 0.15) is 1.37 Å². The predicted octanol–water partition coefficient (Wildman–Crippen LogP) is -0.0152. The zero-order valence-corrected chi connectivity index (χ0v) is 11.4. The van der Waals surface area contributed by atoms with Gasteiger partial charge in [0, 0.05) is 24.7 Å². The molecule has 0 radical (unpaired) electrons. The van der Waals surface area contributed by atoms with E-state index in [-0.39, 0.29) is 30.4 Å². The Morgan fingerprint density at radius 1 is 1.55 bits per heavy atom. The van der Waals surface area contributed by atoms with E-state index in [1.807, 2.05) is 0 Å². The number of imidazole rings is 1. The minimum Gasteiger partial charge on any atom is -0.393 e. The van der Waals surface area contributed by atoms with Gasteiger partial charge in [0.25, 0.3) is 5.56 Å². The summed E-state index contributed by atoms with van der Waals surface area (Å²) < 4.78 is 40.1. The molecule has 2 heterocycles. The van der Waals surface area contributed by atoms with Gasteiger partial charge in [-0.15, -0.1) is 0 Å². The SMILES string of the molecule is [2H]c1nc2c(c(=O)n(CCCCC([2H])(C)O)c(=O)n2C([2H])([2H])[2H])n1C. The van der Waals surface area contributed by atoms with Crippen molar-refractivity contribution in [1.29, 1.82) is 0 Å². The van der Waals surface area contributed by atoms with E-state index in [0.717, 1.165) is 9.13 Å². The van der Waals surface area contributed by atoms with Crippen molar-refractivity contribution in [2.75, 3.05) is 0 Å². The lowest BCUT2D eigenvalue weighted by molar-refractivity contribution is 0.180. The molecule has 0 bridgehead atoms. The van der Waals surface area contributed by atoms with E-state index >= 15 is 0 Å². The lowest BCUT2D eigenvalue weighted by Gasteiger charge is -2.09. The Morgan fingerprint density at radius 2 is 2.30 bits per heavy atom. The van der Waals surface area contributed by atoms with Gasteiger partial charge in [0.05, 0.1) is 13.8 Å². The second-order valence-corrected chi connectivity index (χ2v) is 4.71. The molecule has 0 saturated heterocycles. The Hall–Kier alpha value is -1.89. The summed E-state index contributed by atoms with van der Waals surface area (Å²) in [6.45, 7) is -1.58. The molecule has 7 nitrogen and oxygen atoms in total. The molecular weight excluding hydrogens is 260 g/mol. The summed E-state index contributed by atoms with van der Waals surface area (Å²) in [5.41, 5.74) is -2.21. The molecular formula is C13H20N4O3. The van der Waals surface area contributed by atoms with Gasteiger partial charge in [0.2, 0.25) is 0 Å². The van der Waals surface area contributed by atoms with Gasteiger partial charge in [-0.25, -0.2) is 9.78 Å². The summed E-state index contributed by atoms with van der Waals surface area (Å²) in [5.74, 6) is 0. The molecule has 7 heteroatoms. The molecule has 2 aromatic rings. The number of aliphatic hydroxyl groups is 1. The maximum absolute atomic E-state index is 12.6. The van der Waals surface area contributed by atoms with E-state index in [0.29, 0.717) is 17.4 Å². The molecule has 0 aliphatic rings. The number of rotatable bonds is 5. The average Bonchev–Trinajstić information content (AvgIpc) is 2.70. The van der Waals surface area contributed by atoms with Crippen LogP contribution in [0.3, 0.4) is 0 Å². The van der Waals surface area contributed by atoms with Crippen LogP contribution in [0.15, 0.2) is 15.9 Å². The number of fused-ring (bicyclic) bond motifs is 1. The minimum atomic E-state index is -2.85. The van der Waals surface area contributed by atoms with Crippen LogP contribution in [0.25, 0.3) is 11.2 Å². The second-order valence-electron chi connectivity index (χ2n) is 4.71. The smallest absolute Gasteiger partial charge is 0.332 e. The first-order valence-electron chi connectivity index (χ1n) is 8.76. The van der Waals surface area contributed by atoms with Gasteiger partial charge < -0.3 is 9.67 Å². The number of aromatic nitrogens is 4. The molecule has 0 amide bonds. The van der Waals surface area contributed by atoms with Gasteiger partial charge in [-0.1, -0.05) is 0 Å². The highest BCUT2D eigenvalue weighted by Gasteiger charge is 2.14. The highest BCUT2D eigenvalue weighted by Crippen LogP contribution is 2.04. The Kier molecular flexibility index (Phi) is 2.56. The molecule has 0 saturated carbocycles. The predicted molar refractivity (Wildman–Crippen MR) is 75.7 cm³/mol. The highest BCUT2D eigenvalue weighted by atomic mass is 16.3. The Morgan fingerprint density at radius 3 is 2.95 bits per heavy atom. The van der Waals surface area contributed by atoms with Gasteiger partial charge >= 0.3 is 5.69 Å². The molecule has 1 atom stereocenters. The maximum atomic E-state index is 12.6. The quantitative estimate of drug-likeness (QED) is 0.783. The van der Waals surface area contributed by atoms with Crippen molar-refractivity contribution in [1.82, 2.24) is 18.7 Å². The van der Waals surface area contributed by atoms with Crippen LogP contribution in [-0.2, 0) is 20.6 Å². The van der Waals surface area contributed by atoms with Crippen LogP contribution in [0.5, 0.6) is 0 Å². The topological polar surface area (TPSA) is 82.1 Å². The van der Waals surface area contributed by atoms with Gasteiger partial charge in [0.15, 0.2) is 11.2 Å². The molecule has 0 aromatic carbocycles. The number of nitrogens with zero attached hydrogens (tertiary/aromatic N) is 4. The molecule has 1 N–H and O–H groups in total. The van der Waals surface area contributed by atoms with E-state index in [1.54, 1.807) is 0 Å². The summed E-state index contributed by atoms with van der Waals surface area (Å²) in [7, 11) is 1.40. The van der Waals surface area contributed by atoms with E-state index in [9.17, 15) is 14.7 Å². The largest absolute Gasteiger partial charge is 0.393 e. The zero-order valence-electron chi connectivity index (χ0n) is 16.4. The van der Waals surface area contributed by atoms with E-state index in [1.165, 1.54) is 14.0 Å². The van der Waals surface area contributed by atoms with Crippen LogP contribution >= 0.6 is 0 Å². The summed E-state index contributed by atoms with van der Waals surface area (Å²) in [6.07, 6.45) is -1.09. The fourth-order valence-corrected chi connectivity index (χ4v) is 2.04. The molecule has 2 aromatic heterocycles. The first kappa shape index (κ1) is 9.12. The Bertz CT molecular complexity index is 904. The van der Waals surface area contributed by atoms with Gasteiger partial charge in [-0.05, 0) is 26.2 Å². The highest BCUT2D eigenvalue weighted by molar-refractivity contribution is 5.69. The molecule has 20 heavy (non-hydrogen) atoms. The van der Waals surface area contributed by atoms with Crippen molar-refractivity contribution in [2.24, 2.45) is 14.0 Å². The molecule has 110 valence electrons. The van der Waals surface area contributed by atoms with Crippen molar-refractivity contribution in [3.05, 3.63) is 27.1 Å². The van der Waals surface area contributed by atoms with Crippen molar-refractivity contribution >= 4 is 11.2 Å². The molecule has 2 rings (SSSR count). The monoisotopic (exact) mass is 285 g/mol. The summed E-state index contributed by atoms with van der Waals surface area (Å²) in [4.78, 5) is 28.9. The van der Waals surface area contributed by atoms with Crippen LogP contribution < -0.4 is 11.2 Å². The van der Waals surface area contributed by atoms with E-state index < -0.39 is 24.3 Å². The average molecular weight is 285 g/mol. The number of hydrogen-bond acceptors (Lipinski definition) is 4. The summed E-state index contributed by atoms with van der Waals surface area (Å²) >= 11 is 0. The fourth-order valence-electron chi connectivity index (χ4n) is 2.04. The Labute approximate surface area is 123 Å². The lowest BCUT2D eigenvalue weighted by atomic mass is 10.2. The third kappa shape index (κ3) is 2.53. The molecule has 0 fully saturated rings. The van der Waals surface area contributed by atoms with Crippen molar-refractivity contribution in [3.63, 3.8) is 0 Å². The summed E-state index contributed by atoms with van der Waals surface area (Å²) in [6, 6.07) is 0. The van der Waals surface area contributed by atoms with Gasteiger partial charge in [-0.2, -0.15) is 0 Å². The zero-order chi connectivity index (χ0) is 19.2. The second kappa shape index (κ2) is 5.62. The number of aryl methyl sites for hydroxylation is 2. The first-order chi connectivity index (χ1) is 11.3. The molecule has 0 aliphatic heterocycles. The molecule has 0 spiro atoms. The van der Waals surface area contributed by atoms with Gasteiger partial charge in [-0.3, -0.25) is 13.9 Å². The summed E-state index contributed by atoms with van der Waals surface area (Å²) in [5, 5.41) is 9.38.